The number of aromatic nitrogens is 5. The van der Waals surface area contributed by atoms with Gasteiger partial charge in [0, 0.05) is 19.2 Å². The van der Waals surface area contributed by atoms with E-state index in [1.807, 2.05) is 41.0 Å². The lowest BCUT2D eigenvalue weighted by Crippen LogP contribution is -2.33. The lowest BCUT2D eigenvalue weighted by Gasteiger charge is -2.19. The Kier molecular flexibility index (Phi) is 4.44. The van der Waals surface area contributed by atoms with Gasteiger partial charge in [-0.05, 0) is 30.7 Å². The van der Waals surface area contributed by atoms with Crippen LogP contribution in [-0.4, -0.2) is 37.7 Å². The monoisotopic (exact) mass is 406 g/mol. The summed E-state index contributed by atoms with van der Waals surface area (Å²) in [6, 6.07) is 11.4. The Bertz CT molecular complexity index is 1190. The minimum Gasteiger partial charge on any atom is -0.494 e. The van der Waals surface area contributed by atoms with Crippen LogP contribution in [0.15, 0.2) is 42.6 Å². The van der Waals surface area contributed by atoms with Crippen molar-refractivity contribution in [1.82, 2.24) is 24.7 Å². The number of para-hydroxylation sites is 1. The number of amides is 1. The standard InChI is InChI=1S/C20H18N6O2S/c1-28-14-7-4-8-15-17(14)22-20(29-15)26(12-13-6-2-3-10-21-13)19(27)18-24-23-16-9-5-11-25(16)18/h2-4,6-8,10H,5,9,11-12H2,1H3. The normalized spacial score (nSPS) is 12.9. The van der Waals surface area contributed by atoms with Crippen LogP contribution < -0.4 is 9.64 Å². The summed E-state index contributed by atoms with van der Waals surface area (Å²) in [5.41, 5.74) is 1.51. The molecule has 0 spiro atoms. The van der Waals surface area contributed by atoms with Gasteiger partial charge in [-0.1, -0.05) is 23.5 Å². The van der Waals surface area contributed by atoms with E-state index >= 15 is 0 Å². The van der Waals surface area contributed by atoms with Crippen molar-refractivity contribution < 1.29 is 9.53 Å². The van der Waals surface area contributed by atoms with Crippen LogP contribution in [0.25, 0.3) is 10.2 Å². The minimum atomic E-state index is -0.227. The molecule has 0 saturated heterocycles. The first kappa shape index (κ1) is 17.7. The van der Waals surface area contributed by atoms with Crippen LogP contribution in [0.2, 0.25) is 0 Å². The molecule has 0 saturated carbocycles. The summed E-state index contributed by atoms with van der Waals surface area (Å²) in [6.07, 6.45) is 3.54. The SMILES string of the molecule is COc1cccc2sc(N(Cc3ccccn3)C(=O)c3nnc4n3CCC4)nc12. The number of hydrogen-bond donors (Lipinski definition) is 0. The molecule has 9 heteroatoms. The highest BCUT2D eigenvalue weighted by atomic mass is 32.1. The van der Waals surface area contributed by atoms with E-state index in [1.165, 1.54) is 11.3 Å². The molecular formula is C20H18N6O2S. The Labute approximate surface area is 170 Å². The molecule has 0 atom stereocenters. The van der Waals surface area contributed by atoms with Gasteiger partial charge in [0.1, 0.15) is 17.1 Å². The molecule has 29 heavy (non-hydrogen) atoms. The Morgan fingerprint density at radius 3 is 3.00 bits per heavy atom. The quantitative estimate of drug-likeness (QED) is 0.506. The van der Waals surface area contributed by atoms with E-state index in [2.05, 4.69) is 15.2 Å². The summed E-state index contributed by atoms with van der Waals surface area (Å²) < 4.78 is 8.29. The highest BCUT2D eigenvalue weighted by molar-refractivity contribution is 7.22. The van der Waals surface area contributed by atoms with Crippen LogP contribution in [0, 0.1) is 0 Å². The molecule has 1 aliphatic rings. The highest BCUT2D eigenvalue weighted by Crippen LogP contribution is 2.35. The first-order valence-corrected chi connectivity index (χ1v) is 10.1. The van der Waals surface area contributed by atoms with E-state index < -0.39 is 0 Å². The number of carbonyl (C=O) groups excluding carboxylic acids is 1. The molecule has 8 nitrogen and oxygen atoms in total. The predicted octanol–water partition coefficient (Wildman–Crippen LogP) is 3.08. The van der Waals surface area contributed by atoms with E-state index in [9.17, 15) is 4.79 Å². The molecule has 0 unspecified atom stereocenters. The third-order valence-electron chi connectivity index (χ3n) is 4.91. The number of hydrogen-bond acceptors (Lipinski definition) is 7. The van der Waals surface area contributed by atoms with Crippen molar-refractivity contribution >= 4 is 32.6 Å². The smallest absolute Gasteiger partial charge is 0.298 e. The average Bonchev–Trinajstić information content (AvgIpc) is 3.47. The van der Waals surface area contributed by atoms with Gasteiger partial charge >= 0.3 is 0 Å². The maximum atomic E-state index is 13.5. The van der Waals surface area contributed by atoms with Crippen LogP contribution in [0.4, 0.5) is 5.13 Å². The van der Waals surface area contributed by atoms with Gasteiger partial charge in [0.15, 0.2) is 5.13 Å². The fourth-order valence-corrected chi connectivity index (χ4v) is 4.48. The zero-order valence-corrected chi connectivity index (χ0v) is 16.6. The van der Waals surface area contributed by atoms with E-state index in [1.54, 1.807) is 18.2 Å². The molecule has 3 aromatic heterocycles. The molecule has 146 valence electrons. The highest BCUT2D eigenvalue weighted by Gasteiger charge is 2.29. The van der Waals surface area contributed by atoms with Crippen molar-refractivity contribution in [1.29, 1.82) is 0 Å². The Morgan fingerprint density at radius 1 is 1.24 bits per heavy atom. The molecule has 1 aliphatic heterocycles. The Balaban J connectivity index is 1.59. The number of benzene rings is 1. The summed E-state index contributed by atoms with van der Waals surface area (Å²) in [4.78, 5) is 24.2. The molecule has 4 aromatic rings. The topological polar surface area (TPSA) is 86.0 Å². The third kappa shape index (κ3) is 3.13. The number of anilines is 1. The van der Waals surface area contributed by atoms with Crippen LogP contribution in [0.1, 0.15) is 28.6 Å². The zero-order valence-electron chi connectivity index (χ0n) is 15.8. The third-order valence-corrected chi connectivity index (χ3v) is 5.96. The van der Waals surface area contributed by atoms with Crippen molar-refractivity contribution in [3.8, 4) is 5.75 Å². The van der Waals surface area contributed by atoms with E-state index in [0.717, 1.165) is 41.1 Å². The maximum absolute atomic E-state index is 13.5. The van der Waals surface area contributed by atoms with Gasteiger partial charge in [-0.25, -0.2) is 4.98 Å². The molecule has 4 heterocycles. The predicted molar refractivity (Wildman–Crippen MR) is 109 cm³/mol. The first-order valence-electron chi connectivity index (χ1n) is 9.32. The molecule has 1 aromatic carbocycles. The summed E-state index contributed by atoms with van der Waals surface area (Å²) >= 11 is 1.44. The van der Waals surface area contributed by atoms with Crippen LogP contribution >= 0.6 is 11.3 Å². The van der Waals surface area contributed by atoms with Gasteiger partial charge in [-0.15, -0.1) is 10.2 Å². The number of nitrogens with zero attached hydrogens (tertiary/aromatic N) is 6. The number of ether oxygens (including phenoxy) is 1. The van der Waals surface area contributed by atoms with Crippen molar-refractivity contribution in [2.45, 2.75) is 25.9 Å². The molecule has 0 N–H and O–H groups in total. The van der Waals surface area contributed by atoms with Crippen molar-refractivity contribution in [3.63, 3.8) is 0 Å². The van der Waals surface area contributed by atoms with Crippen molar-refractivity contribution in [3.05, 3.63) is 59.9 Å². The number of rotatable bonds is 5. The van der Waals surface area contributed by atoms with Crippen LogP contribution in [-0.2, 0) is 19.5 Å². The minimum absolute atomic E-state index is 0.227. The molecule has 0 aliphatic carbocycles. The largest absolute Gasteiger partial charge is 0.494 e. The summed E-state index contributed by atoms with van der Waals surface area (Å²) in [6.45, 7) is 1.05. The fourth-order valence-electron chi connectivity index (χ4n) is 3.50. The lowest BCUT2D eigenvalue weighted by molar-refractivity contribution is 0.0970. The number of carbonyl (C=O) groups is 1. The molecule has 5 rings (SSSR count). The molecular weight excluding hydrogens is 388 g/mol. The lowest BCUT2D eigenvalue weighted by atomic mass is 10.3. The van der Waals surface area contributed by atoms with Crippen LogP contribution in [0.5, 0.6) is 5.75 Å². The molecule has 0 fully saturated rings. The maximum Gasteiger partial charge on any atom is 0.298 e. The number of thiazole rings is 1. The van der Waals surface area contributed by atoms with Crippen molar-refractivity contribution in [2.75, 3.05) is 12.0 Å². The van der Waals surface area contributed by atoms with Gasteiger partial charge < -0.3 is 9.30 Å². The number of methoxy groups -OCH3 is 1. The summed E-state index contributed by atoms with van der Waals surface area (Å²) in [5, 5.41) is 8.93. The van der Waals surface area contributed by atoms with Gasteiger partial charge in [0.05, 0.1) is 24.0 Å². The fraction of sp³-hybridized carbons (Fsp3) is 0.250. The Morgan fingerprint density at radius 2 is 2.17 bits per heavy atom. The van der Waals surface area contributed by atoms with Gasteiger partial charge in [-0.2, -0.15) is 0 Å². The van der Waals surface area contributed by atoms with Gasteiger partial charge in [0.2, 0.25) is 5.82 Å². The zero-order chi connectivity index (χ0) is 19.8. The van der Waals surface area contributed by atoms with Crippen LogP contribution in [0.3, 0.4) is 0 Å². The second-order valence-corrected chi connectivity index (χ2v) is 7.72. The molecule has 1 amide bonds. The number of pyridine rings is 1. The average molecular weight is 406 g/mol. The number of aryl methyl sites for hydroxylation is 1. The molecule has 0 radical (unpaired) electrons. The summed E-state index contributed by atoms with van der Waals surface area (Å²) in [7, 11) is 1.62. The summed E-state index contributed by atoms with van der Waals surface area (Å²) in [5.74, 6) is 1.66. The van der Waals surface area contributed by atoms with Gasteiger partial charge in [0.25, 0.3) is 5.91 Å². The van der Waals surface area contributed by atoms with E-state index in [0.29, 0.717) is 23.3 Å². The van der Waals surface area contributed by atoms with Gasteiger partial charge in [-0.3, -0.25) is 14.7 Å². The Hall–Kier alpha value is -3.33. The first-order chi connectivity index (χ1) is 14.2. The second kappa shape index (κ2) is 7.25. The molecule has 0 bridgehead atoms. The second-order valence-electron chi connectivity index (χ2n) is 6.71. The van der Waals surface area contributed by atoms with Crippen molar-refractivity contribution in [2.24, 2.45) is 0 Å². The van der Waals surface area contributed by atoms with E-state index in [-0.39, 0.29) is 5.91 Å². The van der Waals surface area contributed by atoms with E-state index in [4.69, 9.17) is 9.72 Å². The number of fused-ring (bicyclic) bond motifs is 2.